The highest BCUT2D eigenvalue weighted by molar-refractivity contribution is 5.91. The molecule has 2 aromatic carbocycles. The zero-order valence-corrected chi connectivity index (χ0v) is 13.8. The molecule has 0 aliphatic carbocycles. The van der Waals surface area contributed by atoms with Crippen molar-refractivity contribution < 1.29 is 4.39 Å². The van der Waals surface area contributed by atoms with Crippen LogP contribution in [0.4, 0.5) is 4.39 Å². The Bertz CT molecular complexity index is 1250. The molecule has 6 nitrogen and oxygen atoms in total. The van der Waals surface area contributed by atoms with Gasteiger partial charge in [0.1, 0.15) is 12.1 Å². The zero-order chi connectivity index (χ0) is 17.7. The van der Waals surface area contributed by atoms with Gasteiger partial charge in [-0.25, -0.2) is 14.4 Å². The Kier molecular flexibility index (Phi) is 3.08. The summed E-state index contributed by atoms with van der Waals surface area (Å²) < 4.78 is 16.9. The zero-order valence-electron chi connectivity index (χ0n) is 13.8. The molecule has 0 bridgehead atoms. The van der Waals surface area contributed by atoms with Crippen molar-refractivity contribution in [3.8, 4) is 17.2 Å². The largest absolute Gasteiger partial charge is 0.267 e. The molecule has 0 unspecified atom stereocenters. The second-order valence-corrected chi connectivity index (χ2v) is 5.99. The van der Waals surface area contributed by atoms with Crippen LogP contribution in [0.2, 0.25) is 0 Å². The van der Waals surface area contributed by atoms with Crippen molar-refractivity contribution in [2.45, 2.75) is 0 Å². The van der Waals surface area contributed by atoms with Crippen molar-refractivity contribution in [1.82, 2.24) is 29.3 Å². The SMILES string of the molecule is Cn1ncc2c(-c3ccc(F)cc3)nc(-n3cnc4ccccc43)nc21. The van der Waals surface area contributed by atoms with E-state index in [1.54, 1.807) is 29.3 Å². The first kappa shape index (κ1) is 14.7. The molecular weight excluding hydrogens is 331 g/mol. The molecule has 126 valence electrons. The van der Waals surface area contributed by atoms with E-state index in [9.17, 15) is 4.39 Å². The van der Waals surface area contributed by atoms with Crippen LogP contribution in [0.25, 0.3) is 39.3 Å². The predicted molar refractivity (Wildman–Crippen MR) is 96.3 cm³/mol. The minimum Gasteiger partial charge on any atom is -0.267 e. The standard InChI is InChI=1S/C19H13FN6/c1-25-18-14(10-22-25)17(12-6-8-13(20)9-7-12)23-19(24-18)26-11-21-15-4-2-3-5-16(15)26/h2-11H,1H3. The van der Waals surface area contributed by atoms with Crippen molar-refractivity contribution in [3.05, 3.63) is 66.9 Å². The van der Waals surface area contributed by atoms with Crippen molar-refractivity contribution >= 4 is 22.1 Å². The van der Waals surface area contributed by atoms with Crippen molar-refractivity contribution in [2.75, 3.05) is 0 Å². The molecule has 0 amide bonds. The van der Waals surface area contributed by atoms with Crippen molar-refractivity contribution in [2.24, 2.45) is 7.05 Å². The quantitative estimate of drug-likeness (QED) is 0.492. The van der Waals surface area contributed by atoms with Crippen LogP contribution in [0.3, 0.4) is 0 Å². The summed E-state index contributed by atoms with van der Waals surface area (Å²) in [7, 11) is 1.83. The topological polar surface area (TPSA) is 61.4 Å². The van der Waals surface area contributed by atoms with Crippen LogP contribution in [0.15, 0.2) is 61.1 Å². The Morgan fingerprint density at radius 2 is 1.77 bits per heavy atom. The van der Waals surface area contributed by atoms with Gasteiger partial charge in [0, 0.05) is 12.6 Å². The minimum atomic E-state index is -0.286. The highest BCUT2D eigenvalue weighted by Crippen LogP contribution is 2.27. The average molecular weight is 344 g/mol. The fourth-order valence-electron chi connectivity index (χ4n) is 3.06. The first-order valence-corrected chi connectivity index (χ1v) is 8.09. The number of aryl methyl sites for hydroxylation is 1. The first-order valence-electron chi connectivity index (χ1n) is 8.09. The van der Waals surface area contributed by atoms with Crippen LogP contribution >= 0.6 is 0 Å². The van der Waals surface area contributed by atoms with Gasteiger partial charge in [-0.2, -0.15) is 10.1 Å². The van der Waals surface area contributed by atoms with Gasteiger partial charge in [-0.1, -0.05) is 12.1 Å². The Morgan fingerprint density at radius 1 is 0.962 bits per heavy atom. The molecule has 5 rings (SSSR count). The van der Waals surface area contributed by atoms with Gasteiger partial charge in [0.05, 0.1) is 28.3 Å². The number of hydrogen-bond donors (Lipinski definition) is 0. The Morgan fingerprint density at radius 3 is 2.62 bits per heavy atom. The number of aromatic nitrogens is 6. The summed E-state index contributed by atoms with van der Waals surface area (Å²) >= 11 is 0. The second-order valence-electron chi connectivity index (χ2n) is 5.99. The lowest BCUT2D eigenvalue weighted by Crippen LogP contribution is -2.04. The van der Waals surface area contributed by atoms with Crippen LogP contribution in [0.5, 0.6) is 0 Å². The lowest BCUT2D eigenvalue weighted by molar-refractivity contribution is 0.628. The first-order chi connectivity index (χ1) is 12.7. The van der Waals surface area contributed by atoms with E-state index in [4.69, 9.17) is 4.98 Å². The molecule has 5 aromatic rings. The Labute approximate surface area is 147 Å². The minimum absolute atomic E-state index is 0.286. The van der Waals surface area contributed by atoms with Crippen LogP contribution in [-0.2, 0) is 7.05 Å². The van der Waals surface area contributed by atoms with Gasteiger partial charge >= 0.3 is 0 Å². The van der Waals surface area contributed by atoms with E-state index in [1.807, 2.05) is 35.9 Å². The third-order valence-electron chi connectivity index (χ3n) is 4.37. The Balaban J connectivity index is 1.81. The van der Waals surface area contributed by atoms with Gasteiger partial charge in [-0.05, 0) is 36.4 Å². The molecular formula is C19H13FN6. The van der Waals surface area contributed by atoms with E-state index in [0.717, 1.165) is 22.0 Å². The lowest BCUT2D eigenvalue weighted by Gasteiger charge is -2.08. The summed E-state index contributed by atoms with van der Waals surface area (Å²) in [4.78, 5) is 13.8. The van der Waals surface area contributed by atoms with Crippen LogP contribution in [0.1, 0.15) is 0 Å². The maximum atomic E-state index is 13.3. The molecule has 0 aliphatic heterocycles. The van der Waals surface area contributed by atoms with Crippen molar-refractivity contribution in [3.63, 3.8) is 0 Å². The summed E-state index contributed by atoms with van der Waals surface area (Å²) in [5.41, 5.74) is 3.99. The number of rotatable bonds is 2. The van der Waals surface area contributed by atoms with Gasteiger partial charge < -0.3 is 0 Å². The number of nitrogens with zero attached hydrogens (tertiary/aromatic N) is 6. The lowest BCUT2D eigenvalue weighted by atomic mass is 10.1. The van der Waals surface area contributed by atoms with E-state index in [0.29, 0.717) is 17.3 Å². The van der Waals surface area contributed by atoms with Gasteiger partial charge in [-0.15, -0.1) is 0 Å². The maximum Gasteiger partial charge on any atom is 0.238 e. The van der Waals surface area contributed by atoms with E-state index in [-0.39, 0.29) is 5.82 Å². The molecule has 7 heteroatoms. The third kappa shape index (κ3) is 2.17. The fraction of sp³-hybridized carbons (Fsp3) is 0.0526. The summed E-state index contributed by atoms with van der Waals surface area (Å²) in [6.07, 6.45) is 3.43. The number of halogens is 1. The van der Waals surface area contributed by atoms with E-state index in [2.05, 4.69) is 15.1 Å². The molecule has 26 heavy (non-hydrogen) atoms. The molecule has 0 fully saturated rings. The van der Waals surface area contributed by atoms with Crippen LogP contribution < -0.4 is 0 Å². The molecule has 0 saturated carbocycles. The number of hydrogen-bond acceptors (Lipinski definition) is 4. The van der Waals surface area contributed by atoms with E-state index in [1.165, 1.54) is 12.1 Å². The third-order valence-corrected chi connectivity index (χ3v) is 4.37. The molecule has 0 saturated heterocycles. The maximum absolute atomic E-state index is 13.3. The summed E-state index contributed by atoms with van der Waals surface area (Å²) in [6, 6.07) is 14.1. The molecule has 0 radical (unpaired) electrons. The normalized spacial score (nSPS) is 11.5. The van der Waals surface area contributed by atoms with E-state index >= 15 is 0 Å². The number of fused-ring (bicyclic) bond motifs is 2. The average Bonchev–Trinajstić information content (AvgIpc) is 3.26. The Hall–Kier alpha value is -3.61. The summed E-state index contributed by atoms with van der Waals surface area (Å²) in [6.45, 7) is 0. The van der Waals surface area contributed by atoms with Crippen molar-refractivity contribution in [1.29, 1.82) is 0 Å². The summed E-state index contributed by atoms with van der Waals surface area (Å²) in [5, 5.41) is 5.11. The van der Waals surface area contributed by atoms with Gasteiger partial charge in [0.15, 0.2) is 5.65 Å². The number of imidazole rings is 1. The predicted octanol–water partition coefficient (Wildman–Crippen LogP) is 3.51. The highest BCUT2D eigenvalue weighted by atomic mass is 19.1. The second kappa shape index (κ2) is 5.45. The highest BCUT2D eigenvalue weighted by Gasteiger charge is 2.15. The molecule has 3 heterocycles. The van der Waals surface area contributed by atoms with Crippen LogP contribution in [-0.4, -0.2) is 29.3 Å². The molecule has 0 spiro atoms. The van der Waals surface area contributed by atoms with E-state index < -0.39 is 0 Å². The monoisotopic (exact) mass is 344 g/mol. The smallest absolute Gasteiger partial charge is 0.238 e. The fourth-order valence-corrected chi connectivity index (χ4v) is 3.06. The van der Waals surface area contributed by atoms with Gasteiger partial charge in [0.2, 0.25) is 5.95 Å². The number of benzene rings is 2. The summed E-state index contributed by atoms with van der Waals surface area (Å²) in [5.74, 6) is 0.209. The molecule has 0 aliphatic rings. The van der Waals surface area contributed by atoms with Gasteiger partial charge in [0.25, 0.3) is 0 Å². The molecule has 0 N–H and O–H groups in total. The van der Waals surface area contributed by atoms with Crippen LogP contribution in [0, 0.1) is 5.82 Å². The number of para-hydroxylation sites is 2. The molecule has 3 aromatic heterocycles. The molecule has 0 atom stereocenters. The van der Waals surface area contributed by atoms with Gasteiger partial charge in [-0.3, -0.25) is 9.25 Å².